The fourth-order valence-electron chi connectivity index (χ4n) is 4.84. The normalized spacial score (nSPS) is 14.1. The standard InChI is InChI=1S/C28H31N5O5S/c1-5-38-22-11-9-21(10-12-22)30-28(34)26-25(27-29-18(2)16-19(3)33(27)31-26)20-8-13-23(37-4)24(17-20)39(35,36)32-14-6-7-15-32/h8-13,16-17H,5-7,14-15H2,1-4H3,(H,30,34). The highest BCUT2D eigenvalue weighted by Gasteiger charge is 2.31. The Hall–Kier alpha value is -3.96. The van der Waals surface area contributed by atoms with E-state index < -0.39 is 15.9 Å². The first-order valence-corrected chi connectivity index (χ1v) is 14.3. The van der Waals surface area contributed by atoms with E-state index in [9.17, 15) is 13.2 Å². The minimum absolute atomic E-state index is 0.0472. The molecule has 2 aromatic heterocycles. The summed E-state index contributed by atoms with van der Waals surface area (Å²) >= 11 is 0. The number of carbonyl (C=O) groups is 1. The maximum Gasteiger partial charge on any atom is 0.276 e. The van der Waals surface area contributed by atoms with Crippen LogP contribution in [0.15, 0.2) is 53.4 Å². The minimum atomic E-state index is -3.81. The van der Waals surface area contributed by atoms with Crippen LogP contribution in [0.2, 0.25) is 0 Å². The zero-order valence-corrected chi connectivity index (χ0v) is 23.2. The molecule has 1 aliphatic rings. The fraction of sp³-hybridized carbons (Fsp3) is 0.321. The van der Waals surface area contributed by atoms with Crippen LogP contribution in [-0.4, -0.2) is 60.0 Å². The van der Waals surface area contributed by atoms with Gasteiger partial charge in [0.15, 0.2) is 11.3 Å². The molecular formula is C28H31N5O5S. The van der Waals surface area contributed by atoms with Gasteiger partial charge in [-0.15, -0.1) is 0 Å². The van der Waals surface area contributed by atoms with Gasteiger partial charge < -0.3 is 14.8 Å². The number of nitrogens with one attached hydrogen (secondary N) is 1. The van der Waals surface area contributed by atoms with Crippen LogP contribution in [0.4, 0.5) is 5.69 Å². The van der Waals surface area contributed by atoms with Gasteiger partial charge in [0.25, 0.3) is 5.91 Å². The third kappa shape index (κ3) is 5.07. The van der Waals surface area contributed by atoms with Gasteiger partial charge in [0, 0.05) is 30.2 Å². The molecule has 1 N–H and O–H groups in total. The van der Waals surface area contributed by atoms with Crippen LogP contribution in [0.25, 0.3) is 16.8 Å². The third-order valence-electron chi connectivity index (χ3n) is 6.67. The molecule has 0 atom stereocenters. The van der Waals surface area contributed by atoms with Crippen molar-refractivity contribution in [3.63, 3.8) is 0 Å². The second-order valence-corrected chi connectivity index (χ2v) is 11.3. The van der Waals surface area contributed by atoms with E-state index in [0.717, 1.165) is 24.2 Å². The summed E-state index contributed by atoms with van der Waals surface area (Å²) in [6.07, 6.45) is 1.63. The Morgan fingerprint density at radius 3 is 2.44 bits per heavy atom. The number of carbonyl (C=O) groups excluding carboxylic acids is 1. The molecule has 1 amide bonds. The Morgan fingerprint density at radius 1 is 1.05 bits per heavy atom. The van der Waals surface area contributed by atoms with Crippen molar-refractivity contribution in [2.45, 2.75) is 38.5 Å². The highest BCUT2D eigenvalue weighted by Crippen LogP contribution is 2.36. The number of nitrogens with zero attached hydrogens (tertiary/aromatic N) is 4. The van der Waals surface area contributed by atoms with Crippen LogP contribution < -0.4 is 14.8 Å². The molecular weight excluding hydrogens is 518 g/mol. The van der Waals surface area contributed by atoms with Gasteiger partial charge in [0.05, 0.1) is 19.3 Å². The lowest BCUT2D eigenvalue weighted by atomic mass is 10.0. The monoisotopic (exact) mass is 549 g/mol. The van der Waals surface area contributed by atoms with Gasteiger partial charge in [-0.3, -0.25) is 4.79 Å². The van der Waals surface area contributed by atoms with Crippen molar-refractivity contribution < 1.29 is 22.7 Å². The lowest BCUT2D eigenvalue weighted by Gasteiger charge is -2.18. The molecule has 0 saturated carbocycles. The number of anilines is 1. The van der Waals surface area contributed by atoms with Crippen LogP contribution >= 0.6 is 0 Å². The Kier molecular flexibility index (Phi) is 7.28. The summed E-state index contributed by atoms with van der Waals surface area (Å²) in [5.74, 6) is 0.489. The third-order valence-corrected chi connectivity index (χ3v) is 8.59. The molecule has 10 nitrogen and oxygen atoms in total. The maximum absolute atomic E-state index is 13.6. The van der Waals surface area contributed by atoms with Gasteiger partial charge in [0.1, 0.15) is 16.4 Å². The number of ether oxygens (including phenoxy) is 2. The highest BCUT2D eigenvalue weighted by atomic mass is 32.2. The lowest BCUT2D eigenvalue weighted by molar-refractivity contribution is 0.102. The second kappa shape index (κ2) is 10.7. The number of methoxy groups -OCH3 is 1. The first-order chi connectivity index (χ1) is 18.7. The smallest absolute Gasteiger partial charge is 0.276 e. The molecule has 1 saturated heterocycles. The number of amides is 1. The van der Waals surface area contributed by atoms with Crippen LogP contribution in [-0.2, 0) is 10.0 Å². The molecule has 39 heavy (non-hydrogen) atoms. The number of aromatic nitrogens is 3. The van der Waals surface area contributed by atoms with Crippen molar-refractivity contribution in [3.8, 4) is 22.6 Å². The van der Waals surface area contributed by atoms with Crippen LogP contribution in [0.1, 0.15) is 41.6 Å². The molecule has 0 aliphatic carbocycles. The van der Waals surface area contributed by atoms with Crippen molar-refractivity contribution >= 4 is 27.3 Å². The van der Waals surface area contributed by atoms with Crippen LogP contribution in [0, 0.1) is 13.8 Å². The summed E-state index contributed by atoms with van der Waals surface area (Å²) in [7, 11) is -2.37. The number of fused-ring (bicyclic) bond motifs is 1. The minimum Gasteiger partial charge on any atom is -0.495 e. The number of hydrogen-bond acceptors (Lipinski definition) is 7. The first kappa shape index (κ1) is 26.6. The Labute approximate surface area is 227 Å². The second-order valence-electron chi connectivity index (χ2n) is 9.39. The molecule has 4 aromatic rings. The summed E-state index contributed by atoms with van der Waals surface area (Å²) in [6.45, 7) is 7.10. The van der Waals surface area contributed by atoms with Gasteiger partial charge in [-0.25, -0.2) is 17.9 Å². The SMILES string of the molecule is CCOc1ccc(NC(=O)c2nn3c(C)cc(C)nc3c2-c2ccc(OC)c(S(=O)(=O)N3CCCC3)c2)cc1. The topological polar surface area (TPSA) is 115 Å². The predicted octanol–water partition coefficient (Wildman–Crippen LogP) is 4.46. The van der Waals surface area contributed by atoms with E-state index in [1.54, 1.807) is 47.0 Å². The van der Waals surface area contributed by atoms with Gasteiger partial charge >= 0.3 is 0 Å². The first-order valence-electron chi connectivity index (χ1n) is 12.8. The van der Waals surface area contributed by atoms with Crippen LogP contribution in [0.3, 0.4) is 0 Å². The van der Waals surface area contributed by atoms with E-state index in [1.807, 2.05) is 26.8 Å². The summed E-state index contributed by atoms with van der Waals surface area (Å²) in [5, 5.41) is 7.51. The van der Waals surface area contributed by atoms with Gasteiger partial charge in [-0.1, -0.05) is 6.07 Å². The molecule has 204 valence electrons. The molecule has 1 fully saturated rings. The molecule has 0 spiro atoms. The molecule has 3 heterocycles. The Bertz CT molecular complexity index is 1640. The quantitative estimate of drug-likeness (QED) is 0.345. The van der Waals surface area contributed by atoms with Crippen molar-refractivity contribution in [2.24, 2.45) is 0 Å². The number of hydrogen-bond donors (Lipinski definition) is 1. The summed E-state index contributed by atoms with van der Waals surface area (Å²) in [6, 6.07) is 13.8. The summed E-state index contributed by atoms with van der Waals surface area (Å²) < 4.78 is 41.1. The molecule has 11 heteroatoms. The van der Waals surface area contributed by atoms with Gasteiger partial charge in [0.2, 0.25) is 10.0 Å². The van der Waals surface area contributed by atoms with E-state index in [4.69, 9.17) is 9.47 Å². The van der Waals surface area contributed by atoms with Crippen molar-refractivity contribution in [2.75, 3.05) is 32.1 Å². The maximum atomic E-state index is 13.6. The molecule has 2 aromatic carbocycles. The largest absolute Gasteiger partial charge is 0.495 e. The average Bonchev–Trinajstić information content (AvgIpc) is 3.59. The zero-order valence-electron chi connectivity index (χ0n) is 22.4. The van der Waals surface area contributed by atoms with Crippen molar-refractivity contribution in [1.29, 1.82) is 0 Å². The van der Waals surface area contributed by atoms with Gasteiger partial charge in [-0.2, -0.15) is 9.40 Å². The molecule has 5 rings (SSSR count). The van der Waals surface area contributed by atoms with E-state index in [1.165, 1.54) is 11.4 Å². The van der Waals surface area contributed by atoms with E-state index in [-0.39, 0.29) is 16.3 Å². The van der Waals surface area contributed by atoms with Crippen molar-refractivity contribution in [3.05, 3.63) is 65.6 Å². The fourth-order valence-corrected chi connectivity index (χ4v) is 6.54. The highest BCUT2D eigenvalue weighted by molar-refractivity contribution is 7.89. The lowest BCUT2D eigenvalue weighted by Crippen LogP contribution is -2.28. The summed E-state index contributed by atoms with van der Waals surface area (Å²) in [4.78, 5) is 18.3. The molecule has 0 bridgehead atoms. The average molecular weight is 550 g/mol. The van der Waals surface area contributed by atoms with Crippen molar-refractivity contribution in [1.82, 2.24) is 18.9 Å². The summed E-state index contributed by atoms with van der Waals surface area (Å²) in [5.41, 5.74) is 3.62. The van der Waals surface area contributed by atoms with Crippen LogP contribution in [0.5, 0.6) is 11.5 Å². The Morgan fingerprint density at radius 2 is 1.77 bits per heavy atom. The Balaban J connectivity index is 1.64. The van der Waals surface area contributed by atoms with E-state index >= 15 is 0 Å². The van der Waals surface area contributed by atoms with E-state index in [2.05, 4.69) is 15.4 Å². The molecule has 1 aliphatic heterocycles. The van der Waals surface area contributed by atoms with E-state index in [0.29, 0.717) is 47.9 Å². The zero-order chi connectivity index (χ0) is 27.7. The predicted molar refractivity (Wildman–Crippen MR) is 148 cm³/mol. The number of benzene rings is 2. The molecule has 0 unspecified atom stereocenters. The number of sulfonamides is 1. The number of rotatable bonds is 8. The number of aryl methyl sites for hydroxylation is 2. The van der Waals surface area contributed by atoms with Gasteiger partial charge in [-0.05, 0) is 81.6 Å². The molecule has 0 radical (unpaired) electrons.